The lowest BCUT2D eigenvalue weighted by molar-refractivity contribution is 0.0458. The highest BCUT2D eigenvalue weighted by Gasteiger charge is 2.32. The van der Waals surface area contributed by atoms with Gasteiger partial charge in [0.15, 0.2) is 0 Å². The maximum Gasteiger partial charge on any atom is 0.266 e. The SMILES string of the molecule is Cc1ccc(=O)n(CC2CN(C(=O)c3ccc4n[nH]nc4c3)C2)n1. The number of aryl methyl sites for hydroxylation is 1. The molecule has 0 bridgehead atoms. The van der Waals surface area contributed by atoms with Crippen LogP contribution in [0.25, 0.3) is 11.0 Å². The van der Waals surface area contributed by atoms with Crippen LogP contribution in [0.4, 0.5) is 0 Å². The largest absolute Gasteiger partial charge is 0.338 e. The minimum Gasteiger partial charge on any atom is -0.338 e. The van der Waals surface area contributed by atoms with Crippen molar-refractivity contribution in [3.63, 3.8) is 0 Å². The van der Waals surface area contributed by atoms with Crippen LogP contribution in [0.15, 0.2) is 35.1 Å². The van der Waals surface area contributed by atoms with Gasteiger partial charge in [-0.05, 0) is 31.2 Å². The van der Waals surface area contributed by atoms with E-state index in [0.29, 0.717) is 30.7 Å². The number of hydrogen-bond acceptors (Lipinski definition) is 5. The van der Waals surface area contributed by atoms with Crippen molar-refractivity contribution in [2.45, 2.75) is 13.5 Å². The molecule has 1 fully saturated rings. The Balaban J connectivity index is 1.42. The van der Waals surface area contributed by atoms with Crippen LogP contribution in [-0.4, -0.2) is 49.1 Å². The van der Waals surface area contributed by atoms with Gasteiger partial charge in [-0.3, -0.25) is 9.59 Å². The maximum absolute atomic E-state index is 12.5. The van der Waals surface area contributed by atoms with Crippen LogP contribution >= 0.6 is 0 Å². The Labute approximate surface area is 137 Å². The highest BCUT2D eigenvalue weighted by Crippen LogP contribution is 2.21. The molecule has 0 unspecified atom stereocenters. The smallest absolute Gasteiger partial charge is 0.266 e. The molecule has 4 rings (SSSR count). The molecule has 0 aliphatic carbocycles. The molecular weight excluding hydrogens is 308 g/mol. The number of fused-ring (bicyclic) bond motifs is 1. The molecule has 1 aliphatic heterocycles. The number of H-pyrrole nitrogens is 1. The molecule has 122 valence electrons. The Morgan fingerprint density at radius 2 is 2.00 bits per heavy atom. The zero-order chi connectivity index (χ0) is 16.7. The van der Waals surface area contributed by atoms with Crippen molar-refractivity contribution in [2.75, 3.05) is 13.1 Å². The van der Waals surface area contributed by atoms with Crippen molar-refractivity contribution in [2.24, 2.45) is 5.92 Å². The van der Waals surface area contributed by atoms with Gasteiger partial charge in [-0.2, -0.15) is 20.5 Å². The lowest BCUT2D eigenvalue weighted by atomic mass is 9.98. The quantitative estimate of drug-likeness (QED) is 0.761. The average molecular weight is 324 g/mol. The van der Waals surface area contributed by atoms with Crippen LogP contribution in [-0.2, 0) is 6.54 Å². The van der Waals surface area contributed by atoms with Crippen molar-refractivity contribution in [3.05, 3.63) is 51.9 Å². The van der Waals surface area contributed by atoms with Gasteiger partial charge in [0.1, 0.15) is 11.0 Å². The van der Waals surface area contributed by atoms with Crippen molar-refractivity contribution >= 4 is 16.9 Å². The van der Waals surface area contributed by atoms with E-state index in [9.17, 15) is 9.59 Å². The normalized spacial score (nSPS) is 14.8. The molecule has 3 aromatic rings. The Morgan fingerprint density at radius 1 is 1.21 bits per heavy atom. The fraction of sp³-hybridized carbons (Fsp3) is 0.312. The summed E-state index contributed by atoms with van der Waals surface area (Å²) >= 11 is 0. The van der Waals surface area contributed by atoms with E-state index in [1.165, 1.54) is 10.7 Å². The number of rotatable bonds is 3. The number of amides is 1. The second-order valence-electron chi connectivity index (χ2n) is 6.10. The van der Waals surface area contributed by atoms with Gasteiger partial charge in [0.05, 0.1) is 12.2 Å². The van der Waals surface area contributed by atoms with Crippen molar-refractivity contribution in [1.82, 2.24) is 30.1 Å². The molecule has 1 aromatic carbocycles. The summed E-state index contributed by atoms with van der Waals surface area (Å²) in [4.78, 5) is 26.1. The molecule has 0 spiro atoms. The molecule has 2 aromatic heterocycles. The summed E-state index contributed by atoms with van der Waals surface area (Å²) in [6.45, 7) is 3.63. The third-order valence-corrected chi connectivity index (χ3v) is 4.24. The summed E-state index contributed by atoms with van der Waals surface area (Å²) < 4.78 is 1.48. The first-order chi connectivity index (χ1) is 11.6. The first-order valence-electron chi connectivity index (χ1n) is 7.75. The summed E-state index contributed by atoms with van der Waals surface area (Å²) in [6.07, 6.45) is 0. The highest BCUT2D eigenvalue weighted by atomic mass is 16.2. The second-order valence-corrected chi connectivity index (χ2v) is 6.10. The second kappa shape index (κ2) is 5.55. The van der Waals surface area contributed by atoms with Crippen LogP contribution in [0.3, 0.4) is 0 Å². The predicted molar refractivity (Wildman–Crippen MR) is 86.5 cm³/mol. The van der Waals surface area contributed by atoms with E-state index in [-0.39, 0.29) is 17.4 Å². The van der Waals surface area contributed by atoms with Gasteiger partial charge < -0.3 is 4.90 Å². The van der Waals surface area contributed by atoms with Gasteiger partial charge in [-0.1, -0.05) is 0 Å². The maximum atomic E-state index is 12.5. The third-order valence-electron chi connectivity index (χ3n) is 4.24. The van der Waals surface area contributed by atoms with Gasteiger partial charge >= 0.3 is 0 Å². The molecule has 24 heavy (non-hydrogen) atoms. The van der Waals surface area contributed by atoms with E-state index in [1.807, 2.05) is 6.92 Å². The van der Waals surface area contributed by atoms with E-state index in [0.717, 1.165) is 11.2 Å². The Bertz CT molecular complexity index is 970. The molecule has 1 amide bonds. The first kappa shape index (κ1) is 14.6. The molecule has 0 saturated carbocycles. The Hall–Kier alpha value is -3.03. The number of nitrogens with zero attached hydrogens (tertiary/aromatic N) is 5. The lowest BCUT2D eigenvalue weighted by Crippen LogP contribution is -2.52. The fourth-order valence-electron chi connectivity index (χ4n) is 2.93. The van der Waals surface area contributed by atoms with Crippen LogP contribution in [0, 0.1) is 12.8 Å². The Kier molecular flexibility index (Phi) is 3.37. The van der Waals surface area contributed by atoms with Gasteiger partial charge in [0.2, 0.25) is 0 Å². The van der Waals surface area contributed by atoms with E-state index in [2.05, 4.69) is 20.5 Å². The Morgan fingerprint density at radius 3 is 2.83 bits per heavy atom. The minimum absolute atomic E-state index is 0.0271. The topological polar surface area (TPSA) is 96.8 Å². The zero-order valence-corrected chi connectivity index (χ0v) is 13.1. The van der Waals surface area contributed by atoms with Gasteiger partial charge in [0, 0.05) is 30.6 Å². The summed E-state index contributed by atoms with van der Waals surface area (Å²) in [5.41, 5.74) is 2.71. The third kappa shape index (κ3) is 2.55. The minimum atomic E-state index is -0.109. The van der Waals surface area contributed by atoms with Crippen molar-refractivity contribution < 1.29 is 4.79 Å². The number of carbonyl (C=O) groups is 1. The number of likely N-dealkylation sites (tertiary alicyclic amines) is 1. The standard InChI is InChI=1S/C16H16N6O2/c1-10-2-5-15(23)22(19-10)9-11-7-21(8-11)16(24)12-3-4-13-14(6-12)18-20-17-13/h2-6,11H,7-9H2,1H3,(H,17,18,20). The average Bonchev–Trinajstić information content (AvgIpc) is 3.00. The van der Waals surface area contributed by atoms with Crippen LogP contribution in [0.5, 0.6) is 0 Å². The van der Waals surface area contributed by atoms with Crippen LogP contribution < -0.4 is 5.56 Å². The van der Waals surface area contributed by atoms with Crippen LogP contribution in [0.2, 0.25) is 0 Å². The number of hydrogen-bond donors (Lipinski definition) is 1. The molecule has 8 nitrogen and oxygen atoms in total. The number of benzene rings is 1. The summed E-state index contributed by atoms with van der Waals surface area (Å²) in [5.74, 6) is 0.220. The molecule has 1 N–H and O–H groups in total. The molecule has 0 atom stereocenters. The molecule has 3 heterocycles. The number of aromatic amines is 1. The lowest BCUT2D eigenvalue weighted by Gasteiger charge is -2.39. The molecular formula is C16H16N6O2. The molecule has 8 heteroatoms. The van der Waals surface area contributed by atoms with E-state index in [1.54, 1.807) is 29.2 Å². The summed E-state index contributed by atoms with van der Waals surface area (Å²) in [7, 11) is 0. The number of aromatic nitrogens is 5. The van der Waals surface area contributed by atoms with Gasteiger partial charge in [-0.15, -0.1) is 0 Å². The van der Waals surface area contributed by atoms with E-state index < -0.39 is 0 Å². The predicted octanol–water partition coefficient (Wildman–Crippen LogP) is 0.595. The highest BCUT2D eigenvalue weighted by molar-refractivity contribution is 5.97. The number of carbonyl (C=O) groups excluding carboxylic acids is 1. The fourth-order valence-corrected chi connectivity index (χ4v) is 2.93. The number of nitrogens with one attached hydrogen (secondary N) is 1. The van der Waals surface area contributed by atoms with Gasteiger partial charge in [0.25, 0.3) is 11.5 Å². The van der Waals surface area contributed by atoms with E-state index >= 15 is 0 Å². The zero-order valence-electron chi connectivity index (χ0n) is 13.1. The van der Waals surface area contributed by atoms with E-state index in [4.69, 9.17) is 0 Å². The van der Waals surface area contributed by atoms with Crippen LogP contribution in [0.1, 0.15) is 16.1 Å². The summed E-state index contributed by atoms with van der Waals surface area (Å²) in [6, 6.07) is 8.50. The molecule has 1 saturated heterocycles. The van der Waals surface area contributed by atoms with Crippen molar-refractivity contribution in [1.29, 1.82) is 0 Å². The van der Waals surface area contributed by atoms with Crippen molar-refractivity contribution in [3.8, 4) is 0 Å². The molecule has 1 aliphatic rings. The monoisotopic (exact) mass is 324 g/mol. The summed E-state index contributed by atoms with van der Waals surface area (Å²) in [5, 5.41) is 14.7. The molecule has 0 radical (unpaired) electrons. The first-order valence-corrected chi connectivity index (χ1v) is 7.75. The van der Waals surface area contributed by atoms with Gasteiger partial charge in [-0.25, -0.2) is 4.68 Å².